The van der Waals surface area contributed by atoms with Gasteiger partial charge in [0.25, 0.3) is 0 Å². The molecule has 0 spiro atoms. The lowest BCUT2D eigenvalue weighted by Crippen LogP contribution is -2.33. The van der Waals surface area contributed by atoms with Crippen molar-refractivity contribution in [2.75, 3.05) is 27.7 Å². The molecule has 1 amide bonds. The van der Waals surface area contributed by atoms with Crippen LogP contribution in [0.5, 0.6) is 0 Å². The molecule has 0 N–H and O–H groups in total. The second-order valence-electron chi connectivity index (χ2n) is 3.67. The zero-order valence-corrected chi connectivity index (χ0v) is 11.6. The summed E-state index contributed by atoms with van der Waals surface area (Å²) in [5.74, 6) is 0.133. The minimum atomic E-state index is 0.133. The minimum Gasteiger partial charge on any atom is -0.348 e. The Morgan fingerprint density at radius 2 is 2.07 bits per heavy atom. The van der Waals surface area contributed by atoms with Gasteiger partial charge in [-0.05, 0) is 35.1 Å². The molecule has 0 unspecified atom stereocenters. The summed E-state index contributed by atoms with van der Waals surface area (Å²) in [7, 11) is 5.50. The van der Waals surface area contributed by atoms with Crippen molar-refractivity contribution >= 4 is 33.2 Å². The Kier molecular flexibility index (Phi) is 4.76. The van der Waals surface area contributed by atoms with E-state index in [4.69, 9.17) is 0 Å². The van der Waals surface area contributed by atoms with Crippen LogP contribution in [-0.4, -0.2) is 43.4 Å². The Morgan fingerprint density at radius 1 is 1.40 bits per heavy atom. The molecular weight excluding hydrogens is 276 g/mol. The topological polar surface area (TPSA) is 23.6 Å². The maximum Gasteiger partial charge on any atom is 0.236 e. The van der Waals surface area contributed by atoms with Crippen molar-refractivity contribution in [3.8, 4) is 0 Å². The van der Waals surface area contributed by atoms with Crippen LogP contribution in [-0.2, 0) is 11.3 Å². The molecule has 0 fully saturated rings. The van der Waals surface area contributed by atoms with Gasteiger partial charge < -0.3 is 4.90 Å². The summed E-state index contributed by atoms with van der Waals surface area (Å²) in [4.78, 5) is 16.3. The largest absolute Gasteiger partial charge is 0.348 e. The Balaban J connectivity index is 2.42. The van der Waals surface area contributed by atoms with Gasteiger partial charge in [0.1, 0.15) is 0 Å². The van der Waals surface area contributed by atoms with Gasteiger partial charge in [-0.15, -0.1) is 11.3 Å². The van der Waals surface area contributed by atoms with Gasteiger partial charge >= 0.3 is 0 Å². The fourth-order valence-corrected chi connectivity index (χ4v) is 2.69. The average Bonchev–Trinajstić information content (AvgIpc) is 2.50. The maximum absolute atomic E-state index is 11.4. The monoisotopic (exact) mass is 290 g/mol. The third-order valence-electron chi connectivity index (χ3n) is 1.96. The van der Waals surface area contributed by atoms with Crippen LogP contribution in [0, 0.1) is 0 Å². The molecule has 0 aliphatic carbocycles. The maximum atomic E-state index is 11.4. The Labute approximate surface area is 103 Å². The first-order valence-corrected chi connectivity index (χ1v) is 6.23. The number of hydrogen-bond donors (Lipinski definition) is 0. The molecular formula is C10H15BrN2OS. The quantitative estimate of drug-likeness (QED) is 0.847. The van der Waals surface area contributed by atoms with E-state index < -0.39 is 0 Å². The van der Waals surface area contributed by atoms with Gasteiger partial charge in [0.05, 0.1) is 10.3 Å². The lowest BCUT2D eigenvalue weighted by molar-refractivity contribution is -0.129. The molecule has 0 atom stereocenters. The number of carbonyl (C=O) groups excluding carboxylic acids is 1. The number of carbonyl (C=O) groups is 1. The third kappa shape index (κ3) is 4.32. The molecule has 0 saturated carbocycles. The Hall–Kier alpha value is -0.390. The predicted molar refractivity (Wildman–Crippen MR) is 67.0 cm³/mol. The van der Waals surface area contributed by atoms with Crippen LogP contribution in [0.2, 0.25) is 0 Å². The van der Waals surface area contributed by atoms with Gasteiger partial charge in [-0.2, -0.15) is 0 Å². The number of nitrogens with zero attached hydrogens (tertiary/aromatic N) is 2. The van der Waals surface area contributed by atoms with Crippen LogP contribution in [0.4, 0.5) is 0 Å². The molecule has 1 heterocycles. The number of thiophene rings is 1. The van der Waals surface area contributed by atoms with Crippen LogP contribution in [0.1, 0.15) is 4.88 Å². The first-order valence-electron chi connectivity index (χ1n) is 4.62. The van der Waals surface area contributed by atoms with Crippen LogP contribution < -0.4 is 0 Å². The molecule has 1 aromatic heterocycles. The molecule has 84 valence electrons. The number of rotatable bonds is 4. The number of amides is 1. The first-order chi connectivity index (χ1) is 6.99. The number of hydrogen-bond acceptors (Lipinski definition) is 3. The van der Waals surface area contributed by atoms with Gasteiger partial charge in [0, 0.05) is 25.5 Å². The van der Waals surface area contributed by atoms with Crippen molar-refractivity contribution in [1.29, 1.82) is 0 Å². The van der Waals surface area contributed by atoms with Crippen molar-refractivity contribution in [1.82, 2.24) is 9.80 Å². The Bertz CT molecular complexity index is 338. The highest BCUT2D eigenvalue weighted by molar-refractivity contribution is 9.11. The van der Waals surface area contributed by atoms with Gasteiger partial charge in [0.2, 0.25) is 5.91 Å². The lowest BCUT2D eigenvalue weighted by atomic mass is 10.4. The van der Waals surface area contributed by atoms with Crippen molar-refractivity contribution in [2.45, 2.75) is 6.54 Å². The van der Waals surface area contributed by atoms with Gasteiger partial charge in [-0.25, -0.2) is 0 Å². The summed E-state index contributed by atoms with van der Waals surface area (Å²) < 4.78 is 1.13. The molecule has 1 aromatic rings. The van der Waals surface area contributed by atoms with Crippen LogP contribution in [0.3, 0.4) is 0 Å². The molecule has 0 aliphatic heterocycles. The summed E-state index contributed by atoms with van der Waals surface area (Å²) in [6.45, 7) is 1.28. The molecule has 0 aliphatic rings. The normalized spacial score (nSPS) is 10.7. The molecule has 1 rings (SSSR count). The molecule has 5 heteroatoms. The summed E-state index contributed by atoms with van der Waals surface area (Å²) in [5.41, 5.74) is 0. The van der Waals surface area contributed by atoms with E-state index >= 15 is 0 Å². The molecule has 0 bridgehead atoms. The zero-order chi connectivity index (χ0) is 11.4. The van der Waals surface area contributed by atoms with E-state index in [1.54, 1.807) is 30.3 Å². The second kappa shape index (κ2) is 5.63. The lowest BCUT2D eigenvalue weighted by Gasteiger charge is -2.17. The van der Waals surface area contributed by atoms with Crippen molar-refractivity contribution < 1.29 is 4.79 Å². The molecule has 3 nitrogen and oxygen atoms in total. The van der Waals surface area contributed by atoms with E-state index in [0.29, 0.717) is 6.54 Å². The van der Waals surface area contributed by atoms with Crippen LogP contribution >= 0.6 is 27.3 Å². The van der Waals surface area contributed by atoms with Crippen molar-refractivity contribution in [2.24, 2.45) is 0 Å². The second-order valence-corrected chi connectivity index (χ2v) is 6.21. The smallest absolute Gasteiger partial charge is 0.236 e. The van der Waals surface area contributed by atoms with Crippen molar-refractivity contribution in [3.63, 3.8) is 0 Å². The highest BCUT2D eigenvalue weighted by Gasteiger charge is 2.09. The number of halogens is 1. The predicted octanol–water partition coefficient (Wildman–Crippen LogP) is 2.03. The summed E-state index contributed by atoms with van der Waals surface area (Å²) in [6.07, 6.45) is 0. The van der Waals surface area contributed by atoms with E-state index in [0.717, 1.165) is 10.3 Å². The standard InChI is InChI=1S/C10H15BrN2OS/c1-12(2)10(14)7-13(3)6-8-4-5-9(11)15-8/h4-5H,6-7H2,1-3H3. The fourth-order valence-electron chi connectivity index (χ4n) is 1.13. The highest BCUT2D eigenvalue weighted by Crippen LogP contribution is 2.22. The molecule has 15 heavy (non-hydrogen) atoms. The summed E-state index contributed by atoms with van der Waals surface area (Å²) in [6, 6.07) is 4.10. The minimum absolute atomic E-state index is 0.133. The van der Waals surface area contributed by atoms with Crippen LogP contribution in [0.15, 0.2) is 15.9 Å². The SMILES string of the molecule is CN(CC(=O)N(C)C)Cc1ccc(Br)s1. The van der Waals surface area contributed by atoms with Gasteiger partial charge in [-0.1, -0.05) is 0 Å². The molecule has 0 radical (unpaired) electrons. The van der Waals surface area contributed by atoms with E-state index in [1.165, 1.54) is 4.88 Å². The van der Waals surface area contributed by atoms with Crippen LogP contribution in [0.25, 0.3) is 0 Å². The van der Waals surface area contributed by atoms with Crippen molar-refractivity contribution in [3.05, 3.63) is 20.8 Å². The zero-order valence-electron chi connectivity index (χ0n) is 9.16. The summed E-state index contributed by atoms with van der Waals surface area (Å²) in [5, 5.41) is 0. The van der Waals surface area contributed by atoms with E-state index in [-0.39, 0.29) is 5.91 Å². The Morgan fingerprint density at radius 3 is 2.53 bits per heavy atom. The highest BCUT2D eigenvalue weighted by atomic mass is 79.9. The molecule has 0 saturated heterocycles. The number of likely N-dealkylation sites (N-methyl/N-ethyl adjacent to an activating group) is 2. The van der Waals surface area contributed by atoms with Gasteiger partial charge in [0.15, 0.2) is 0 Å². The third-order valence-corrected chi connectivity index (χ3v) is 3.57. The molecule has 0 aromatic carbocycles. The fraction of sp³-hybridized carbons (Fsp3) is 0.500. The van der Waals surface area contributed by atoms with E-state index in [2.05, 4.69) is 22.0 Å². The van der Waals surface area contributed by atoms with Gasteiger partial charge in [-0.3, -0.25) is 9.69 Å². The van der Waals surface area contributed by atoms with E-state index in [9.17, 15) is 4.79 Å². The summed E-state index contributed by atoms with van der Waals surface area (Å²) >= 11 is 5.12. The van der Waals surface area contributed by atoms with E-state index in [1.807, 2.05) is 18.0 Å². The first kappa shape index (κ1) is 12.7. The average molecular weight is 291 g/mol.